The maximum atomic E-state index is 7.53. The van der Waals surface area contributed by atoms with Gasteiger partial charge in [-0.3, -0.25) is 0 Å². The zero-order valence-electron chi connectivity index (χ0n) is 72.7. The summed E-state index contributed by atoms with van der Waals surface area (Å²) >= 11 is 0. The third-order valence-corrected chi connectivity index (χ3v) is 23.5. The van der Waals surface area contributed by atoms with Gasteiger partial charge in [-0.2, -0.15) is 0 Å². The molecule has 0 spiro atoms. The van der Waals surface area contributed by atoms with Crippen molar-refractivity contribution in [3.8, 4) is 91.5 Å². The Morgan fingerprint density at radius 1 is 0.208 bits per heavy atom. The number of aromatic nitrogens is 8. The van der Waals surface area contributed by atoms with Crippen LogP contribution >= 0.6 is 0 Å². The number of H-pyrrole nitrogens is 2. The van der Waals surface area contributed by atoms with Crippen LogP contribution in [0.4, 0.5) is 0 Å². The largest absolute Gasteiger partial charge is 0.492 e. The first-order chi connectivity index (χ1) is 58.1. The maximum Gasteiger partial charge on any atom is 0.168 e. The Kier molecular flexibility index (Phi) is 23.1. The Bertz CT molecular complexity index is 5850. The molecule has 12 aromatic carbocycles. The van der Waals surface area contributed by atoms with Gasteiger partial charge in [0.2, 0.25) is 0 Å². The van der Waals surface area contributed by atoms with Crippen LogP contribution in [0.15, 0.2) is 146 Å². The molecule has 0 amide bonds. The van der Waals surface area contributed by atoms with Crippen LogP contribution < -0.4 is 37.9 Å². The lowest BCUT2D eigenvalue weighted by Gasteiger charge is -2.20. The highest BCUT2D eigenvalue weighted by Crippen LogP contribution is 2.58. The molecule has 5 heterocycles. The molecular weight excluding hydrogens is 1490 g/mol. The number of hydrogen-bond acceptors (Lipinski definition) is 14. The number of hydrogen-bond donors (Lipinski definition) is 2. The molecule has 15 aromatic rings. The Labute approximate surface area is 703 Å². The van der Waals surface area contributed by atoms with Crippen LogP contribution in [0.2, 0.25) is 0 Å². The van der Waals surface area contributed by atoms with E-state index in [9.17, 15) is 0 Å². The summed E-state index contributed by atoms with van der Waals surface area (Å²) in [6.07, 6.45) is 6.16. The first-order valence-corrected chi connectivity index (χ1v) is 44.1. The molecule has 0 atom stereocenters. The van der Waals surface area contributed by atoms with Gasteiger partial charge < -0.3 is 47.9 Å². The number of fused-ring (bicyclic) bond motifs is 28. The molecule has 17 rings (SSSR count). The quantitative estimate of drug-likeness (QED) is 0.0380. The second kappa shape index (κ2) is 34.3. The highest BCUT2D eigenvalue weighted by molar-refractivity contribution is 6.25. The van der Waals surface area contributed by atoms with Crippen LogP contribution in [0.3, 0.4) is 0 Å². The molecule has 0 saturated carbocycles. The van der Waals surface area contributed by atoms with E-state index in [0.29, 0.717) is 236 Å². The molecule has 0 saturated heterocycles. The van der Waals surface area contributed by atoms with E-state index in [1.807, 2.05) is 0 Å². The normalized spacial score (nSPS) is 12.5. The summed E-state index contributed by atoms with van der Waals surface area (Å²) in [7, 11) is 0. The molecule has 2 N–H and O–H groups in total. The number of benzene rings is 12. The third-order valence-electron chi connectivity index (χ3n) is 23.5. The summed E-state index contributed by atoms with van der Waals surface area (Å²) in [5.41, 5.74) is 4.15. The lowest BCUT2D eigenvalue weighted by molar-refractivity contribution is 0.288. The molecule has 0 unspecified atom stereocenters. The van der Waals surface area contributed by atoms with Crippen molar-refractivity contribution in [3.05, 3.63) is 146 Å². The number of aromatic amines is 2. The number of rotatable bonds is 32. The van der Waals surface area contributed by atoms with Crippen LogP contribution in [0.5, 0.6) is 46.0 Å². The van der Waals surface area contributed by atoms with E-state index in [1.165, 1.54) is 0 Å². The molecule has 618 valence electrons. The van der Waals surface area contributed by atoms with E-state index in [0.717, 1.165) is 138 Å². The molecular formula is C104H114N8O8. The number of ether oxygens (including phenoxy) is 8. The van der Waals surface area contributed by atoms with Gasteiger partial charge in [0, 0.05) is 43.1 Å². The smallest absolute Gasteiger partial charge is 0.168 e. The highest BCUT2D eigenvalue weighted by atomic mass is 16.5. The van der Waals surface area contributed by atoms with Gasteiger partial charge in [-0.25, -0.2) is 29.9 Å². The Hall–Kier alpha value is -11.5. The highest BCUT2D eigenvalue weighted by Gasteiger charge is 2.37. The second-order valence-electron chi connectivity index (χ2n) is 36.5. The second-order valence-corrected chi connectivity index (χ2v) is 36.5. The van der Waals surface area contributed by atoms with Gasteiger partial charge in [0.1, 0.15) is 68.6 Å². The third kappa shape index (κ3) is 16.0. The monoisotopic (exact) mass is 1600 g/mol. The fraction of sp³-hybridized carbons (Fsp3) is 0.385. The zero-order valence-corrected chi connectivity index (χ0v) is 72.7. The average Bonchev–Trinajstić information content (AvgIpc) is 1.54. The zero-order chi connectivity index (χ0) is 83.3. The van der Waals surface area contributed by atoms with Gasteiger partial charge in [0.05, 0.1) is 96.7 Å². The van der Waals surface area contributed by atoms with E-state index < -0.39 is 0 Å². The first kappa shape index (κ1) is 80.9. The van der Waals surface area contributed by atoms with Gasteiger partial charge in [0.25, 0.3) is 0 Å². The van der Waals surface area contributed by atoms with Crippen molar-refractivity contribution in [2.75, 3.05) is 52.9 Å². The molecule has 3 aromatic heterocycles. The minimum absolute atomic E-state index is 0.313. The SMILES string of the molecule is CC(C)CCOc1c2c(c(OCCC(C)C)c3cc4ccccc4cc13)-c1nc-2nc2[nH]c(nc3nc(nc4[nH]c(n1)c1c(OCCC(C)C)c5cc6ccccc6cc5c(OCCC(C)C)c41)-c1c-3c(OCCC(C)C)c3cc4ccccc4cc3c1OCCC(C)C)c1c(OCCC(C)C)c3cc4ccccc4cc3c(OCCC(C)C)c21. The Morgan fingerprint density at radius 2 is 0.358 bits per heavy atom. The van der Waals surface area contributed by atoms with Crippen molar-refractivity contribution in [2.24, 2.45) is 47.3 Å². The van der Waals surface area contributed by atoms with Crippen molar-refractivity contribution < 1.29 is 37.9 Å². The van der Waals surface area contributed by atoms with Gasteiger partial charge in [-0.15, -0.1) is 0 Å². The number of nitrogens with zero attached hydrogens (tertiary/aromatic N) is 6. The number of nitrogens with one attached hydrogen (secondary N) is 2. The van der Waals surface area contributed by atoms with E-state index in [4.69, 9.17) is 67.8 Å². The molecule has 2 aliphatic rings. The van der Waals surface area contributed by atoms with Crippen molar-refractivity contribution in [1.82, 2.24) is 39.9 Å². The molecule has 2 aliphatic heterocycles. The van der Waals surface area contributed by atoms with E-state index in [-0.39, 0.29) is 0 Å². The predicted molar refractivity (Wildman–Crippen MR) is 496 cm³/mol. The van der Waals surface area contributed by atoms with E-state index in [2.05, 4.69) is 266 Å². The molecule has 120 heavy (non-hydrogen) atoms. The summed E-state index contributed by atoms with van der Waals surface area (Å²) in [4.78, 5) is 44.4. The van der Waals surface area contributed by atoms with Crippen molar-refractivity contribution in [2.45, 2.75) is 162 Å². The summed E-state index contributed by atoms with van der Waals surface area (Å²) < 4.78 is 60.2. The molecule has 16 heteroatoms. The van der Waals surface area contributed by atoms with Crippen LogP contribution in [0, 0.1) is 47.3 Å². The van der Waals surface area contributed by atoms with Gasteiger partial charge in [-0.05, 0) is 190 Å². The summed E-state index contributed by atoms with van der Waals surface area (Å²) in [6, 6.07) is 52.0. The summed E-state index contributed by atoms with van der Waals surface area (Å²) in [5, 5.41) is 17.8. The molecule has 0 aliphatic carbocycles. The van der Waals surface area contributed by atoms with Gasteiger partial charge >= 0.3 is 0 Å². The van der Waals surface area contributed by atoms with Gasteiger partial charge in [0.15, 0.2) is 23.3 Å². The van der Waals surface area contributed by atoms with Gasteiger partial charge in [-0.1, -0.05) is 208 Å². The standard InChI is InChI=1S/C104H114N8O8/c1-57(2)33-41-113-89-73-49-65-25-17-18-26-66(65)50-74(73)90(114-42-34-58(3)4)82-81(89)97-105-98(82)110-100-85-86(94(118-46-38-62(11)12)78-54-70-30-22-21-29-69(70)53-77(78)93(85)117-45-37-61(9)10)102(107-100)112-104-88-87(95(119-47-39-63(13)14)79-55-71-31-23-24-32-72(71)56-80(79)96(88)120-48-40-64(15)16)103(108-104)111-101-84-83(99(106-101)109-97)91(115-43-35-59(5)6)75-51-67-27-19-20-28-68(67)52-76(75)92(84)116-44-36-60(7)8/h17-32,49-64H,33-48H2,1-16H3,(H2,105,106,107,108,109,110,111,112). The van der Waals surface area contributed by atoms with Crippen molar-refractivity contribution >= 4 is 130 Å². The molecule has 8 bridgehead atoms. The minimum Gasteiger partial charge on any atom is -0.492 e. The van der Waals surface area contributed by atoms with Crippen molar-refractivity contribution in [1.29, 1.82) is 0 Å². The topological polar surface area (TPSA) is 183 Å². The van der Waals surface area contributed by atoms with E-state index in [1.54, 1.807) is 0 Å². The lowest BCUT2D eigenvalue weighted by atomic mass is 9.95. The van der Waals surface area contributed by atoms with Crippen LogP contribution in [-0.4, -0.2) is 92.7 Å². The average molecular weight is 1600 g/mol. The maximum absolute atomic E-state index is 7.53. The fourth-order valence-corrected chi connectivity index (χ4v) is 16.6. The van der Waals surface area contributed by atoms with Crippen LogP contribution in [0.25, 0.3) is 176 Å². The summed E-state index contributed by atoms with van der Waals surface area (Å²) in [5.74, 6) is 8.73. The van der Waals surface area contributed by atoms with Crippen molar-refractivity contribution in [3.63, 3.8) is 0 Å². The van der Waals surface area contributed by atoms with Crippen LogP contribution in [0.1, 0.15) is 162 Å². The molecule has 0 radical (unpaired) electrons. The first-order valence-electron chi connectivity index (χ1n) is 44.1. The fourth-order valence-electron chi connectivity index (χ4n) is 16.6. The molecule has 16 nitrogen and oxygen atoms in total. The Morgan fingerprint density at radius 3 is 0.517 bits per heavy atom. The van der Waals surface area contributed by atoms with E-state index >= 15 is 0 Å². The minimum atomic E-state index is 0.313. The Balaban J connectivity index is 1.16. The lowest BCUT2D eigenvalue weighted by Crippen LogP contribution is -2.06. The van der Waals surface area contributed by atoms with Crippen LogP contribution in [-0.2, 0) is 0 Å². The predicted octanol–water partition coefficient (Wildman–Crippen LogP) is 27.5. The summed E-state index contributed by atoms with van der Waals surface area (Å²) in [6.45, 7) is 38.9. The molecule has 0 fully saturated rings.